The summed E-state index contributed by atoms with van der Waals surface area (Å²) in [4.78, 5) is 0. The van der Waals surface area contributed by atoms with E-state index in [1.807, 2.05) is 12.1 Å². The number of nitrogens with one attached hydrogen (secondary N) is 1. The quantitative estimate of drug-likeness (QED) is 0.793. The molecule has 0 aliphatic carbocycles. The van der Waals surface area contributed by atoms with Gasteiger partial charge in [0.2, 0.25) is 0 Å². The minimum Gasteiger partial charge on any atom is -0.387 e. The third kappa shape index (κ3) is 4.39. The second-order valence-corrected chi connectivity index (χ2v) is 4.70. The van der Waals surface area contributed by atoms with E-state index in [9.17, 15) is 5.11 Å². The standard InChI is InChI=1S/C11H15BrClNO2/c1-16-5-4-14-7-11(15)9-6-8(12)2-3-10(9)13/h2-3,6,11,14-15H,4-5,7H2,1H3. The third-order valence-electron chi connectivity index (χ3n) is 2.14. The first-order chi connectivity index (χ1) is 7.65. The Kier molecular flexibility index (Phi) is 6.31. The number of aliphatic hydroxyl groups is 1. The van der Waals surface area contributed by atoms with Crippen LogP contribution in [0, 0.1) is 0 Å². The Hall–Kier alpha value is -0.130. The van der Waals surface area contributed by atoms with Crippen molar-refractivity contribution in [2.75, 3.05) is 26.8 Å². The minimum absolute atomic E-state index is 0.458. The SMILES string of the molecule is COCCNCC(O)c1cc(Br)ccc1Cl. The average Bonchev–Trinajstić information content (AvgIpc) is 2.27. The van der Waals surface area contributed by atoms with Gasteiger partial charge in [-0.25, -0.2) is 0 Å². The fourth-order valence-electron chi connectivity index (χ4n) is 1.29. The topological polar surface area (TPSA) is 41.5 Å². The lowest BCUT2D eigenvalue weighted by atomic mass is 10.1. The zero-order valence-corrected chi connectivity index (χ0v) is 11.4. The van der Waals surface area contributed by atoms with Gasteiger partial charge in [0.1, 0.15) is 0 Å². The van der Waals surface area contributed by atoms with Crippen LogP contribution >= 0.6 is 27.5 Å². The molecular formula is C11H15BrClNO2. The van der Waals surface area contributed by atoms with Crippen LogP contribution in [-0.4, -0.2) is 31.9 Å². The van der Waals surface area contributed by atoms with E-state index in [1.54, 1.807) is 13.2 Å². The van der Waals surface area contributed by atoms with Crippen molar-refractivity contribution in [2.24, 2.45) is 0 Å². The number of methoxy groups -OCH3 is 1. The largest absolute Gasteiger partial charge is 0.387 e. The van der Waals surface area contributed by atoms with Gasteiger partial charge in [0, 0.05) is 35.3 Å². The minimum atomic E-state index is -0.609. The lowest BCUT2D eigenvalue weighted by Gasteiger charge is -2.13. The molecule has 1 atom stereocenters. The van der Waals surface area contributed by atoms with Crippen molar-refractivity contribution in [2.45, 2.75) is 6.10 Å². The Morgan fingerprint density at radius 2 is 2.31 bits per heavy atom. The van der Waals surface area contributed by atoms with Gasteiger partial charge in [0.05, 0.1) is 12.7 Å². The maximum Gasteiger partial charge on any atom is 0.0929 e. The molecule has 0 spiro atoms. The molecule has 90 valence electrons. The van der Waals surface area contributed by atoms with Crippen LogP contribution in [0.4, 0.5) is 0 Å². The normalized spacial score (nSPS) is 12.8. The Balaban J connectivity index is 2.51. The van der Waals surface area contributed by atoms with Crippen LogP contribution in [0.2, 0.25) is 5.02 Å². The molecule has 0 heterocycles. The molecule has 0 amide bonds. The van der Waals surface area contributed by atoms with Gasteiger partial charge in [-0.1, -0.05) is 27.5 Å². The van der Waals surface area contributed by atoms with Crippen LogP contribution in [0.25, 0.3) is 0 Å². The molecule has 16 heavy (non-hydrogen) atoms. The van der Waals surface area contributed by atoms with E-state index in [0.29, 0.717) is 24.7 Å². The first-order valence-electron chi connectivity index (χ1n) is 4.98. The third-order valence-corrected chi connectivity index (χ3v) is 2.98. The van der Waals surface area contributed by atoms with E-state index in [4.69, 9.17) is 16.3 Å². The molecule has 0 aromatic heterocycles. The van der Waals surface area contributed by atoms with Gasteiger partial charge in [-0.3, -0.25) is 0 Å². The molecule has 0 fully saturated rings. The highest BCUT2D eigenvalue weighted by Crippen LogP contribution is 2.26. The lowest BCUT2D eigenvalue weighted by molar-refractivity contribution is 0.161. The summed E-state index contributed by atoms with van der Waals surface area (Å²) in [5.41, 5.74) is 0.723. The number of hydrogen-bond donors (Lipinski definition) is 2. The molecule has 1 aromatic carbocycles. The number of hydrogen-bond acceptors (Lipinski definition) is 3. The number of aliphatic hydroxyl groups excluding tert-OH is 1. The number of halogens is 2. The summed E-state index contributed by atoms with van der Waals surface area (Å²) in [5.74, 6) is 0. The molecule has 5 heteroatoms. The van der Waals surface area contributed by atoms with Crippen LogP contribution in [0.15, 0.2) is 22.7 Å². The van der Waals surface area contributed by atoms with E-state index in [-0.39, 0.29) is 0 Å². The summed E-state index contributed by atoms with van der Waals surface area (Å²) < 4.78 is 5.80. The second kappa shape index (κ2) is 7.25. The Bertz CT molecular complexity index is 336. The highest BCUT2D eigenvalue weighted by atomic mass is 79.9. The van der Waals surface area contributed by atoms with E-state index in [2.05, 4.69) is 21.2 Å². The molecule has 1 aromatic rings. The summed E-state index contributed by atoms with van der Waals surface area (Å²) >= 11 is 9.35. The number of benzene rings is 1. The van der Waals surface area contributed by atoms with Crippen LogP contribution in [0.5, 0.6) is 0 Å². The summed E-state index contributed by atoms with van der Waals surface area (Å²) in [5, 5.41) is 13.6. The second-order valence-electron chi connectivity index (χ2n) is 3.38. The van der Waals surface area contributed by atoms with Crippen molar-refractivity contribution < 1.29 is 9.84 Å². The fraction of sp³-hybridized carbons (Fsp3) is 0.455. The Morgan fingerprint density at radius 3 is 3.00 bits per heavy atom. The summed E-state index contributed by atoms with van der Waals surface area (Å²) in [6.07, 6.45) is -0.609. The number of rotatable bonds is 6. The van der Waals surface area contributed by atoms with E-state index >= 15 is 0 Å². The first kappa shape index (κ1) is 13.9. The molecule has 0 bridgehead atoms. The molecule has 0 aliphatic rings. The zero-order valence-electron chi connectivity index (χ0n) is 9.04. The molecule has 3 nitrogen and oxygen atoms in total. The Morgan fingerprint density at radius 1 is 1.56 bits per heavy atom. The van der Waals surface area contributed by atoms with Gasteiger partial charge in [-0.05, 0) is 18.2 Å². The van der Waals surface area contributed by atoms with Gasteiger partial charge >= 0.3 is 0 Å². The van der Waals surface area contributed by atoms with Crippen LogP contribution in [0.3, 0.4) is 0 Å². The zero-order chi connectivity index (χ0) is 12.0. The summed E-state index contributed by atoms with van der Waals surface area (Å²) in [7, 11) is 1.64. The highest BCUT2D eigenvalue weighted by Gasteiger charge is 2.11. The van der Waals surface area contributed by atoms with Crippen molar-refractivity contribution >= 4 is 27.5 Å². The molecule has 0 saturated carbocycles. The van der Waals surface area contributed by atoms with Crippen molar-refractivity contribution in [3.05, 3.63) is 33.3 Å². The molecule has 2 N–H and O–H groups in total. The predicted octanol–water partition coefficient (Wildman–Crippen LogP) is 2.37. The first-order valence-corrected chi connectivity index (χ1v) is 6.15. The molecular weight excluding hydrogens is 293 g/mol. The number of ether oxygens (including phenoxy) is 1. The lowest BCUT2D eigenvalue weighted by Crippen LogP contribution is -2.25. The van der Waals surface area contributed by atoms with Gasteiger partial charge < -0.3 is 15.2 Å². The smallest absolute Gasteiger partial charge is 0.0929 e. The van der Waals surface area contributed by atoms with Crippen molar-refractivity contribution in [3.63, 3.8) is 0 Å². The van der Waals surface area contributed by atoms with Crippen molar-refractivity contribution in [1.29, 1.82) is 0 Å². The van der Waals surface area contributed by atoms with Crippen molar-refractivity contribution in [3.8, 4) is 0 Å². The summed E-state index contributed by atoms with van der Waals surface area (Å²) in [6.45, 7) is 1.79. The van der Waals surface area contributed by atoms with Gasteiger partial charge in [-0.2, -0.15) is 0 Å². The molecule has 0 aliphatic heterocycles. The monoisotopic (exact) mass is 307 g/mol. The van der Waals surface area contributed by atoms with Gasteiger partial charge in [0.25, 0.3) is 0 Å². The molecule has 1 unspecified atom stereocenters. The molecule has 1 rings (SSSR count). The van der Waals surface area contributed by atoms with E-state index in [1.165, 1.54) is 0 Å². The fourth-order valence-corrected chi connectivity index (χ4v) is 1.92. The van der Waals surface area contributed by atoms with Crippen LogP contribution < -0.4 is 5.32 Å². The van der Waals surface area contributed by atoms with E-state index < -0.39 is 6.10 Å². The molecule has 0 saturated heterocycles. The maximum absolute atomic E-state index is 9.92. The Labute approximate surface area is 109 Å². The average molecular weight is 309 g/mol. The van der Waals surface area contributed by atoms with Crippen LogP contribution in [-0.2, 0) is 4.74 Å². The van der Waals surface area contributed by atoms with Crippen LogP contribution in [0.1, 0.15) is 11.7 Å². The summed E-state index contributed by atoms with van der Waals surface area (Å²) in [6, 6.07) is 5.43. The predicted molar refractivity (Wildman–Crippen MR) is 68.9 cm³/mol. The highest BCUT2D eigenvalue weighted by molar-refractivity contribution is 9.10. The van der Waals surface area contributed by atoms with Gasteiger partial charge in [-0.15, -0.1) is 0 Å². The van der Waals surface area contributed by atoms with Gasteiger partial charge in [0.15, 0.2) is 0 Å². The van der Waals surface area contributed by atoms with Crippen molar-refractivity contribution in [1.82, 2.24) is 5.32 Å². The maximum atomic E-state index is 9.92. The molecule has 0 radical (unpaired) electrons. The van der Waals surface area contributed by atoms with E-state index in [0.717, 1.165) is 10.0 Å².